The maximum atomic E-state index is 12.2. The minimum Gasteiger partial charge on any atom is -0.400 e. The van der Waals surface area contributed by atoms with Crippen molar-refractivity contribution in [1.82, 2.24) is 9.78 Å². The summed E-state index contributed by atoms with van der Waals surface area (Å²) in [5.74, 6) is -0.918. The maximum Gasteiger partial charge on any atom is 0.328 e. The van der Waals surface area contributed by atoms with E-state index in [0.717, 1.165) is 0 Å². The van der Waals surface area contributed by atoms with Crippen molar-refractivity contribution in [1.29, 1.82) is 0 Å². The molecule has 23 heavy (non-hydrogen) atoms. The Bertz CT molecular complexity index is 909. The van der Waals surface area contributed by atoms with Gasteiger partial charge >= 0.3 is 5.68 Å². The molecule has 2 aromatic carbocycles. The van der Waals surface area contributed by atoms with Crippen LogP contribution in [0.3, 0.4) is 0 Å². The summed E-state index contributed by atoms with van der Waals surface area (Å²) in [6.45, 7) is 1.34. The van der Waals surface area contributed by atoms with E-state index < -0.39 is 5.91 Å². The van der Waals surface area contributed by atoms with Crippen molar-refractivity contribution in [3.8, 4) is 5.69 Å². The molecule has 0 spiro atoms. The number of rotatable bonds is 3. The molecule has 0 aliphatic rings. The molecule has 0 bridgehead atoms. The van der Waals surface area contributed by atoms with Crippen molar-refractivity contribution < 1.29 is 14.0 Å². The molecule has 1 aromatic heterocycles. The number of aromatic nitrogens is 2. The van der Waals surface area contributed by atoms with Crippen molar-refractivity contribution in [2.24, 2.45) is 4.99 Å². The maximum absolute atomic E-state index is 12.2. The second-order valence-corrected chi connectivity index (χ2v) is 4.78. The van der Waals surface area contributed by atoms with Gasteiger partial charge in [-0.15, -0.1) is 5.10 Å². The molecular weight excluding hydrogens is 294 g/mol. The van der Waals surface area contributed by atoms with Crippen LogP contribution in [0.2, 0.25) is 0 Å². The van der Waals surface area contributed by atoms with Crippen molar-refractivity contribution in [2.45, 2.75) is 6.92 Å². The average Bonchev–Trinajstić information content (AvgIpc) is 3.00. The number of hydrogen-bond acceptors (Lipinski definition) is 4. The number of ketones is 1. The zero-order valence-corrected chi connectivity index (χ0v) is 12.3. The van der Waals surface area contributed by atoms with E-state index in [1.165, 1.54) is 11.6 Å². The van der Waals surface area contributed by atoms with Crippen LogP contribution in [0.25, 0.3) is 5.69 Å². The van der Waals surface area contributed by atoms with Gasteiger partial charge in [-0.05, 0) is 24.3 Å². The largest absolute Gasteiger partial charge is 0.400 e. The predicted molar refractivity (Wildman–Crippen MR) is 82.2 cm³/mol. The lowest BCUT2D eigenvalue weighted by Crippen LogP contribution is -2.18. The number of nitrogens with zero attached hydrogens (tertiary/aromatic N) is 3. The third kappa shape index (κ3) is 3.16. The lowest BCUT2D eigenvalue weighted by atomic mass is 10.2. The smallest absolute Gasteiger partial charge is 0.328 e. The van der Waals surface area contributed by atoms with Gasteiger partial charge in [0.25, 0.3) is 11.8 Å². The van der Waals surface area contributed by atoms with Crippen molar-refractivity contribution in [3.05, 3.63) is 77.8 Å². The van der Waals surface area contributed by atoms with Crippen LogP contribution in [0.5, 0.6) is 0 Å². The molecule has 1 heterocycles. The standard InChI is InChI=1S/C17H13N3O3/c1-12(21)16-19-20(14-10-6-3-7-11-14)17(23-16)18-15(22)13-8-4-2-5-9-13/h2-11H,1H3. The van der Waals surface area contributed by atoms with Gasteiger partial charge in [0.05, 0.1) is 5.69 Å². The first-order valence-corrected chi connectivity index (χ1v) is 6.96. The Kier molecular flexibility index (Phi) is 3.97. The number of para-hydroxylation sites is 1. The molecule has 0 fully saturated rings. The first kappa shape index (κ1) is 14.6. The van der Waals surface area contributed by atoms with Crippen LogP contribution >= 0.6 is 0 Å². The summed E-state index contributed by atoms with van der Waals surface area (Å²) in [6, 6.07) is 17.6. The fourth-order valence-corrected chi connectivity index (χ4v) is 1.97. The summed E-state index contributed by atoms with van der Waals surface area (Å²) in [4.78, 5) is 27.7. The fraction of sp³-hybridized carbons (Fsp3) is 0.0588. The second kappa shape index (κ2) is 6.23. The second-order valence-electron chi connectivity index (χ2n) is 4.78. The van der Waals surface area contributed by atoms with Gasteiger partial charge in [-0.1, -0.05) is 36.4 Å². The van der Waals surface area contributed by atoms with E-state index in [0.29, 0.717) is 11.3 Å². The Hall–Kier alpha value is -3.28. The van der Waals surface area contributed by atoms with E-state index >= 15 is 0 Å². The van der Waals surface area contributed by atoms with Crippen molar-refractivity contribution >= 4 is 11.7 Å². The van der Waals surface area contributed by atoms with Crippen LogP contribution in [0.15, 0.2) is 70.1 Å². The lowest BCUT2D eigenvalue weighted by molar-refractivity contribution is 0.0965. The number of hydrogen-bond donors (Lipinski definition) is 0. The van der Waals surface area contributed by atoms with Crippen LogP contribution in [-0.2, 0) is 0 Å². The summed E-state index contributed by atoms with van der Waals surface area (Å²) < 4.78 is 6.67. The van der Waals surface area contributed by atoms with Crippen molar-refractivity contribution in [2.75, 3.05) is 0 Å². The van der Waals surface area contributed by atoms with E-state index in [4.69, 9.17) is 4.42 Å². The molecule has 6 nitrogen and oxygen atoms in total. The normalized spacial score (nSPS) is 11.4. The van der Waals surface area contributed by atoms with Crippen LogP contribution < -0.4 is 5.68 Å². The highest BCUT2D eigenvalue weighted by molar-refractivity contribution is 5.94. The van der Waals surface area contributed by atoms with E-state index in [1.807, 2.05) is 24.3 Å². The molecule has 0 saturated carbocycles. The van der Waals surface area contributed by atoms with Crippen LogP contribution in [0.4, 0.5) is 0 Å². The molecule has 1 amide bonds. The molecule has 0 saturated heterocycles. The topological polar surface area (TPSA) is 77.5 Å². The molecule has 0 unspecified atom stereocenters. The van der Waals surface area contributed by atoms with Crippen LogP contribution in [0.1, 0.15) is 28.0 Å². The number of carbonyl (C=O) groups is 2. The van der Waals surface area contributed by atoms with Gasteiger partial charge in [0, 0.05) is 12.5 Å². The molecule has 0 aliphatic carbocycles. The van der Waals surface area contributed by atoms with Gasteiger partial charge in [0.15, 0.2) is 0 Å². The van der Waals surface area contributed by atoms with Gasteiger partial charge in [0.2, 0.25) is 5.78 Å². The van der Waals surface area contributed by atoms with Gasteiger partial charge in [-0.3, -0.25) is 9.59 Å². The minimum absolute atomic E-state index is 0.0461. The van der Waals surface area contributed by atoms with E-state index in [2.05, 4.69) is 10.1 Å². The monoisotopic (exact) mass is 307 g/mol. The highest BCUT2D eigenvalue weighted by Gasteiger charge is 2.14. The molecule has 3 rings (SSSR count). The fourth-order valence-electron chi connectivity index (χ4n) is 1.97. The third-order valence-electron chi connectivity index (χ3n) is 3.08. The SMILES string of the molecule is CC(=O)c1nn(-c2ccccc2)c(=NC(=O)c2ccccc2)o1. The summed E-state index contributed by atoms with van der Waals surface area (Å²) in [5, 5.41) is 4.08. The van der Waals surface area contributed by atoms with Crippen molar-refractivity contribution in [3.63, 3.8) is 0 Å². The zero-order valence-electron chi connectivity index (χ0n) is 12.3. The summed E-state index contributed by atoms with van der Waals surface area (Å²) in [6.07, 6.45) is 0. The average molecular weight is 307 g/mol. The molecule has 0 aliphatic heterocycles. The lowest BCUT2D eigenvalue weighted by Gasteiger charge is -1.98. The Morgan fingerprint density at radius 1 is 1.00 bits per heavy atom. The zero-order chi connectivity index (χ0) is 16.2. The number of benzene rings is 2. The van der Waals surface area contributed by atoms with Gasteiger partial charge in [-0.25, -0.2) is 0 Å². The molecule has 114 valence electrons. The Morgan fingerprint density at radius 2 is 1.61 bits per heavy atom. The molecule has 0 atom stereocenters. The first-order valence-electron chi connectivity index (χ1n) is 6.96. The summed E-state index contributed by atoms with van der Waals surface area (Å²) in [7, 11) is 0. The first-order chi connectivity index (χ1) is 11.1. The number of carbonyl (C=O) groups excluding carboxylic acids is 2. The van der Waals surface area contributed by atoms with Crippen LogP contribution in [-0.4, -0.2) is 21.5 Å². The Balaban J connectivity index is 2.13. The summed E-state index contributed by atoms with van der Waals surface area (Å²) >= 11 is 0. The highest BCUT2D eigenvalue weighted by atomic mass is 16.4. The predicted octanol–water partition coefficient (Wildman–Crippen LogP) is 2.41. The Labute approximate surface area is 131 Å². The minimum atomic E-state index is -0.471. The molecule has 3 aromatic rings. The number of amides is 1. The van der Waals surface area contributed by atoms with Gasteiger partial charge < -0.3 is 4.42 Å². The summed E-state index contributed by atoms with van der Waals surface area (Å²) in [5.41, 5.74) is 1.02. The quantitative estimate of drug-likeness (QED) is 0.696. The number of Topliss-reactive ketones (excluding diaryl/α,β-unsaturated/α-hetero) is 1. The van der Waals surface area contributed by atoms with E-state index in [1.54, 1.807) is 36.4 Å². The molecule has 6 heteroatoms. The highest BCUT2D eigenvalue weighted by Crippen LogP contribution is 2.05. The Morgan fingerprint density at radius 3 is 2.22 bits per heavy atom. The van der Waals surface area contributed by atoms with Crippen LogP contribution in [0, 0.1) is 0 Å². The van der Waals surface area contributed by atoms with Gasteiger partial charge in [0.1, 0.15) is 0 Å². The molecule has 0 radical (unpaired) electrons. The van der Waals surface area contributed by atoms with Gasteiger partial charge in [-0.2, -0.15) is 9.67 Å². The molecular formula is C17H13N3O3. The van der Waals surface area contributed by atoms with E-state index in [-0.39, 0.29) is 17.4 Å². The third-order valence-corrected chi connectivity index (χ3v) is 3.08. The molecule has 0 N–H and O–H groups in total. The van der Waals surface area contributed by atoms with E-state index in [9.17, 15) is 9.59 Å².